The molecule has 0 radical (unpaired) electrons. The van der Waals surface area contributed by atoms with Crippen LogP contribution in [-0.2, 0) is 24.2 Å². The Morgan fingerprint density at radius 3 is 2.80 bits per heavy atom. The van der Waals surface area contributed by atoms with E-state index in [1.54, 1.807) is 10.6 Å². The number of ether oxygens (including phenoxy) is 2. The minimum atomic E-state index is -0.144. The molecule has 2 aliphatic rings. The van der Waals surface area contributed by atoms with Crippen molar-refractivity contribution in [3.05, 3.63) is 87.7 Å². The highest BCUT2D eigenvalue weighted by Gasteiger charge is 2.17. The first-order valence-corrected chi connectivity index (χ1v) is 12.6. The van der Waals surface area contributed by atoms with Gasteiger partial charge in [-0.05, 0) is 72.4 Å². The van der Waals surface area contributed by atoms with E-state index in [2.05, 4.69) is 17.4 Å². The number of thioether (sulfide) groups is 1. The molecule has 0 saturated heterocycles. The molecule has 0 fully saturated rings. The second-order valence-electron chi connectivity index (χ2n) is 8.66. The number of nitrogens with zero attached hydrogens (tertiary/aromatic N) is 2. The second kappa shape index (κ2) is 9.11. The number of carbonyl (C=O) groups excluding carboxylic acids is 1. The summed E-state index contributed by atoms with van der Waals surface area (Å²) in [6, 6.07) is 19.0. The van der Waals surface area contributed by atoms with Crippen LogP contribution in [0, 0.1) is 0 Å². The molecule has 3 aromatic carbocycles. The van der Waals surface area contributed by atoms with Crippen LogP contribution in [0.4, 0.5) is 5.69 Å². The van der Waals surface area contributed by atoms with E-state index in [9.17, 15) is 9.59 Å². The molecule has 1 N–H and O–H groups in total. The number of amides is 1. The zero-order valence-corrected chi connectivity index (χ0v) is 19.8. The predicted octanol–water partition coefficient (Wildman–Crippen LogP) is 4.39. The molecule has 0 unspecified atom stereocenters. The van der Waals surface area contributed by atoms with Crippen molar-refractivity contribution < 1.29 is 14.3 Å². The number of anilines is 1. The van der Waals surface area contributed by atoms with E-state index in [4.69, 9.17) is 14.5 Å². The number of carbonyl (C=O) groups is 1. The van der Waals surface area contributed by atoms with E-state index in [0.29, 0.717) is 34.1 Å². The van der Waals surface area contributed by atoms with Gasteiger partial charge in [0.05, 0.1) is 23.2 Å². The van der Waals surface area contributed by atoms with E-state index in [0.717, 1.165) is 30.5 Å². The standard InChI is InChI=1S/C27H23N3O4S/c31-25(28-20-10-9-18-4-3-5-19(18)13-20)15-35-27-29-22-7-2-1-6-21(22)26(32)30(27)14-17-8-11-23-24(12-17)34-16-33-23/h1-2,6-13H,3-5,14-16H2,(H,28,31). The zero-order valence-electron chi connectivity index (χ0n) is 19.0. The number of aromatic nitrogens is 2. The topological polar surface area (TPSA) is 82.5 Å². The molecule has 35 heavy (non-hydrogen) atoms. The molecule has 0 atom stereocenters. The van der Waals surface area contributed by atoms with Gasteiger partial charge in [-0.15, -0.1) is 0 Å². The van der Waals surface area contributed by atoms with E-state index in [-0.39, 0.29) is 24.0 Å². The Bertz CT molecular complexity index is 1510. The molecular weight excluding hydrogens is 462 g/mol. The maximum atomic E-state index is 13.4. The number of fused-ring (bicyclic) bond motifs is 3. The first-order chi connectivity index (χ1) is 17.1. The second-order valence-corrected chi connectivity index (χ2v) is 9.61. The van der Waals surface area contributed by atoms with Gasteiger partial charge < -0.3 is 14.8 Å². The van der Waals surface area contributed by atoms with Crippen molar-refractivity contribution >= 4 is 34.3 Å². The Hall–Kier alpha value is -3.78. The monoisotopic (exact) mass is 485 g/mol. The van der Waals surface area contributed by atoms with Gasteiger partial charge in [0, 0.05) is 5.69 Å². The van der Waals surface area contributed by atoms with E-state index < -0.39 is 0 Å². The normalized spacial score (nSPS) is 13.7. The van der Waals surface area contributed by atoms with Gasteiger partial charge in [-0.2, -0.15) is 0 Å². The van der Waals surface area contributed by atoms with E-state index in [1.165, 1.54) is 22.9 Å². The van der Waals surface area contributed by atoms with Gasteiger partial charge in [-0.1, -0.05) is 36.0 Å². The third-order valence-corrected chi connectivity index (χ3v) is 7.30. The molecule has 0 bridgehead atoms. The molecular formula is C27H23N3O4S. The zero-order chi connectivity index (χ0) is 23.8. The molecule has 0 saturated carbocycles. The Morgan fingerprint density at radius 1 is 1.00 bits per heavy atom. The molecule has 1 amide bonds. The van der Waals surface area contributed by atoms with Gasteiger partial charge in [0.25, 0.3) is 5.56 Å². The molecule has 1 aromatic heterocycles. The summed E-state index contributed by atoms with van der Waals surface area (Å²) in [5.74, 6) is 1.36. The lowest BCUT2D eigenvalue weighted by Gasteiger charge is -2.14. The summed E-state index contributed by atoms with van der Waals surface area (Å²) >= 11 is 1.26. The Balaban J connectivity index is 1.25. The summed E-state index contributed by atoms with van der Waals surface area (Å²) in [6.07, 6.45) is 3.33. The summed E-state index contributed by atoms with van der Waals surface area (Å²) < 4.78 is 12.5. The van der Waals surface area contributed by atoms with Crippen LogP contribution < -0.4 is 20.3 Å². The van der Waals surface area contributed by atoms with Crippen molar-refractivity contribution in [2.24, 2.45) is 0 Å². The molecule has 4 aromatic rings. The Morgan fingerprint density at radius 2 is 1.86 bits per heavy atom. The van der Waals surface area contributed by atoms with Crippen molar-refractivity contribution in [1.82, 2.24) is 9.55 Å². The van der Waals surface area contributed by atoms with Crippen LogP contribution in [0.1, 0.15) is 23.1 Å². The highest BCUT2D eigenvalue weighted by Crippen LogP contribution is 2.33. The SMILES string of the molecule is O=C(CSc1nc2ccccc2c(=O)n1Cc1ccc2c(c1)OCO2)Nc1ccc2c(c1)CCC2. The smallest absolute Gasteiger partial charge is 0.262 e. The van der Waals surface area contributed by atoms with Crippen molar-refractivity contribution in [1.29, 1.82) is 0 Å². The highest BCUT2D eigenvalue weighted by atomic mass is 32.2. The fraction of sp³-hybridized carbons (Fsp3) is 0.222. The molecule has 2 heterocycles. The third kappa shape index (κ3) is 4.37. The summed E-state index contributed by atoms with van der Waals surface area (Å²) in [5, 5.41) is 4.02. The van der Waals surface area contributed by atoms with Gasteiger partial charge >= 0.3 is 0 Å². The lowest BCUT2D eigenvalue weighted by Crippen LogP contribution is -2.25. The fourth-order valence-corrected chi connectivity index (χ4v) is 5.39. The van der Waals surface area contributed by atoms with Crippen molar-refractivity contribution in [2.75, 3.05) is 17.9 Å². The van der Waals surface area contributed by atoms with Crippen LogP contribution in [0.15, 0.2) is 70.6 Å². The van der Waals surface area contributed by atoms with Gasteiger partial charge in [-0.3, -0.25) is 14.2 Å². The lowest BCUT2D eigenvalue weighted by atomic mass is 10.1. The van der Waals surface area contributed by atoms with Gasteiger partial charge in [0.1, 0.15) is 0 Å². The molecule has 0 spiro atoms. The summed E-state index contributed by atoms with van der Waals surface area (Å²) in [5.41, 5.74) is 4.84. The number of nitrogens with one attached hydrogen (secondary N) is 1. The first kappa shape index (κ1) is 21.7. The first-order valence-electron chi connectivity index (χ1n) is 11.6. The third-order valence-electron chi connectivity index (χ3n) is 6.32. The van der Waals surface area contributed by atoms with Crippen LogP contribution in [0.5, 0.6) is 11.5 Å². The maximum Gasteiger partial charge on any atom is 0.262 e. The lowest BCUT2D eigenvalue weighted by molar-refractivity contribution is -0.113. The summed E-state index contributed by atoms with van der Waals surface area (Å²) in [7, 11) is 0. The number of aryl methyl sites for hydroxylation is 2. The van der Waals surface area contributed by atoms with Crippen LogP contribution >= 0.6 is 11.8 Å². The van der Waals surface area contributed by atoms with Crippen molar-refractivity contribution in [3.8, 4) is 11.5 Å². The molecule has 176 valence electrons. The van der Waals surface area contributed by atoms with Crippen LogP contribution in [-0.4, -0.2) is 28.0 Å². The number of para-hydroxylation sites is 1. The largest absolute Gasteiger partial charge is 0.454 e. The molecule has 8 heteroatoms. The molecule has 6 rings (SSSR count). The summed E-state index contributed by atoms with van der Waals surface area (Å²) in [6.45, 7) is 0.499. The van der Waals surface area contributed by atoms with E-state index >= 15 is 0 Å². The Labute approximate surface area is 206 Å². The number of rotatable bonds is 6. The number of benzene rings is 3. The van der Waals surface area contributed by atoms with Crippen LogP contribution in [0.2, 0.25) is 0 Å². The molecule has 1 aliphatic carbocycles. The molecule has 7 nitrogen and oxygen atoms in total. The van der Waals surface area contributed by atoms with E-state index in [1.807, 2.05) is 42.5 Å². The minimum Gasteiger partial charge on any atom is -0.454 e. The van der Waals surface area contributed by atoms with Gasteiger partial charge in [-0.25, -0.2) is 4.98 Å². The average molecular weight is 486 g/mol. The average Bonchev–Trinajstić information content (AvgIpc) is 3.53. The van der Waals surface area contributed by atoms with Crippen LogP contribution in [0.25, 0.3) is 10.9 Å². The highest BCUT2D eigenvalue weighted by molar-refractivity contribution is 7.99. The van der Waals surface area contributed by atoms with Crippen molar-refractivity contribution in [3.63, 3.8) is 0 Å². The fourth-order valence-electron chi connectivity index (χ4n) is 4.60. The quantitative estimate of drug-likeness (QED) is 0.322. The minimum absolute atomic E-state index is 0.134. The Kier molecular flexibility index (Phi) is 5.66. The van der Waals surface area contributed by atoms with Crippen LogP contribution in [0.3, 0.4) is 0 Å². The predicted molar refractivity (Wildman–Crippen MR) is 135 cm³/mol. The number of hydrogen-bond acceptors (Lipinski definition) is 6. The number of hydrogen-bond donors (Lipinski definition) is 1. The molecule has 1 aliphatic heterocycles. The van der Waals surface area contributed by atoms with Crippen molar-refractivity contribution in [2.45, 2.75) is 31.0 Å². The van der Waals surface area contributed by atoms with Gasteiger partial charge in [0.15, 0.2) is 16.7 Å². The van der Waals surface area contributed by atoms with Gasteiger partial charge in [0.2, 0.25) is 12.7 Å². The summed E-state index contributed by atoms with van der Waals surface area (Å²) in [4.78, 5) is 30.9. The maximum absolute atomic E-state index is 13.4.